The fraction of sp³-hybridized carbons (Fsp3) is 0.417. The summed E-state index contributed by atoms with van der Waals surface area (Å²) in [5, 5.41) is 2.73. The number of carbonyl (C=O) groups is 1. The van der Waals surface area contributed by atoms with Crippen molar-refractivity contribution in [2.24, 2.45) is 5.18 Å². The summed E-state index contributed by atoms with van der Waals surface area (Å²) >= 11 is 0. The zero-order valence-electron chi connectivity index (χ0n) is 9.96. The minimum atomic E-state index is -2.86. The summed E-state index contributed by atoms with van der Waals surface area (Å²) in [6.45, 7) is -0.583. The van der Waals surface area contributed by atoms with Crippen molar-refractivity contribution in [3.63, 3.8) is 0 Å². The van der Waals surface area contributed by atoms with Crippen molar-refractivity contribution in [2.45, 2.75) is 18.4 Å². The zero-order valence-corrected chi connectivity index (χ0v) is 9.96. The normalized spacial score (nSPS) is 21.2. The van der Waals surface area contributed by atoms with Crippen LogP contribution >= 0.6 is 0 Å². The number of alkyl halides is 2. The topological polar surface area (TPSA) is 59.0 Å². The number of hydrogen-bond acceptors (Lipinski definition) is 4. The molecule has 0 bridgehead atoms. The Kier molecular flexibility index (Phi) is 3.73. The lowest BCUT2D eigenvalue weighted by Gasteiger charge is -2.19. The second-order valence-corrected chi connectivity index (χ2v) is 4.39. The van der Waals surface area contributed by atoms with E-state index in [0.717, 1.165) is 4.90 Å². The van der Waals surface area contributed by atoms with Gasteiger partial charge in [0, 0.05) is 6.42 Å². The van der Waals surface area contributed by atoms with Crippen molar-refractivity contribution in [3.05, 3.63) is 29.2 Å². The molecule has 0 saturated carbocycles. The Morgan fingerprint density at radius 2 is 2.11 bits per heavy atom. The minimum Gasteiger partial charge on any atom is -0.491 e. The fourth-order valence-electron chi connectivity index (χ4n) is 2.00. The third kappa shape index (κ3) is 3.24. The first-order chi connectivity index (χ1) is 9.04. The molecule has 0 spiro atoms. The highest BCUT2D eigenvalue weighted by molar-refractivity contribution is 5.49. The van der Waals surface area contributed by atoms with Crippen LogP contribution in [0.2, 0.25) is 0 Å². The summed E-state index contributed by atoms with van der Waals surface area (Å²) in [4.78, 5) is 22.0. The molecule has 7 heteroatoms. The van der Waals surface area contributed by atoms with Gasteiger partial charge < -0.3 is 9.64 Å². The predicted octanol–water partition coefficient (Wildman–Crippen LogP) is 2.33. The maximum atomic E-state index is 13.2. The van der Waals surface area contributed by atoms with Crippen LogP contribution in [0.25, 0.3) is 0 Å². The molecular weight excluding hydrogens is 258 g/mol. The van der Waals surface area contributed by atoms with Gasteiger partial charge in [-0.2, -0.15) is 0 Å². The van der Waals surface area contributed by atoms with Crippen LogP contribution < -0.4 is 4.74 Å². The molecule has 5 nitrogen and oxygen atoms in total. The standard InChI is InChI=1S/C12H12F2N2O3/c13-12(14)5-10(16(7-12)8-17)6-19-11-3-1-9(15-18)2-4-11/h1-4,8,10H,5-7H2. The molecule has 0 aromatic heterocycles. The molecule has 0 radical (unpaired) electrons. The second kappa shape index (κ2) is 5.29. The monoisotopic (exact) mass is 270 g/mol. The van der Waals surface area contributed by atoms with Crippen molar-refractivity contribution in [3.8, 4) is 5.75 Å². The van der Waals surface area contributed by atoms with E-state index in [-0.39, 0.29) is 12.3 Å². The van der Waals surface area contributed by atoms with Crippen molar-refractivity contribution < 1.29 is 18.3 Å². The molecule has 1 heterocycles. The highest BCUT2D eigenvalue weighted by Crippen LogP contribution is 2.31. The molecule has 1 amide bonds. The van der Waals surface area contributed by atoms with Crippen molar-refractivity contribution in [1.29, 1.82) is 0 Å². The predicted molar refractivity (Wildman–Crippen MR) is 63.5 cm³/mol. The van der Waals surface area contributed by atoms with Crippen LogP contribution in [0.3, 0.4) is 0 Å². The van der Waals surface area contributed by atoms with Crippen LogP contribution in [0.1, 0.15) is 6.42 Å². The molecule has 1 atom stereocenters. The lowest BCUT2D eigenvalue weighted by atomic mass is 10.2. The molecular formula is C12H12F2N2O3. The van der Waals surface area contributed by atoms with E-state index < -0.39 is 24.9 Å². The van der Waals surface area contributed by atoms with Crippen LogP contribution in [-0.2, 0) is 4.79 Å². The Balaban J connectivity index is 1.94. The van der Waals surface area contributed by atoms with E-state index in [4.69, 9.17) is 4.74 Å². The van der Waals surface area contributed by atoms with E-state index in [9.17, 15) is 18.5 Å². The molecule has 19 heavy (non-hydrogen) atoms. The molecule has 1 unspecified atom stereocenters. The van der Waals surface area contributed by atoms with Gasteiger partial charge in [0.05, 0.1) is 12.6 Å². The van der Waals surface area contributed by atoms with Gasteiger partial charge in [0.15, 0.2) is 0 Å². The third-order valence-corrected chi connectivity index (χ3v) is 2.94. The molecule has 0 aliphatic carbocycles. The molecule has 1 aromatic carbocycles. The van der Waals surface area contributed by atoms with E-state index in [0.29, 0.717) is 12.2 Å². The third-order valence-electron chi connectivity index (χ3n) is 2.94. The molecule has 1 aromatic rings. The van der Waals surface area contributed by atoms with Gasteiger partial charge in [-0.1, -0.05) is 0 Å². The van der Waals surface area contributed by atoms with Gasteiger partial charge in [-0.05, 0) is 29.4 Å². The summed E-state index contributed by atoms with van der Waals surface area (Å²) in [5.74, 6) is -2.42. The van der Waals surface area contributed by atoms with Gasteiger partial charge in [-0.15, -0.1) is 4.91 Å². The van der Waals surface area contributed by atoms with E-state index in [2.05, 4.69) is 5.18 Å². The van der Waals surface area contributed by atoms with E-state index in [1.807, 2.05) is 0 Å². The number of rotatable bonds is 5. The average molecular weight is 270 g/mol. The molecule has 1 saturated heterocycles. The molecule has 1 fully saturated rings. The SMILES string of the molecule is O=CN1CC(F)(F)CC1COc1ccc(N=O)cc1. The number of amides is 1. The van der Waals surface area contributed by atoms with Gasteiger partial charge in [0.2, 0.25) is 6.41 Å². The highest BCUT2D eigenvalue weighted by atomic mass is 19.3. The summed E-state index contributed by atoms with van der Waals surface area (Å²) in [6.07, 6.45) is 0.00800. The smallest absolute Gasteiger partial charge is 0.267 e. The van der Waals surface area contributed by atoms with E-state index >= 15 is 0 Å². The van der Waals surface area contributed by atoms with Crippen LogP contribution in [0.4, 0.5) is 14.5 Å². The second-order valence-electron chi connectivity index (χ2n) is 4.39. The first-order valence-corrected chi connectivity index (χ1v) is 5.69. The Labute approximate surface area is 108 Å². The number of ether oxygens (including phenoxy) is 1. The van der Waals surface area contributed by atoms with Gasteiger partial charge >= 0.3 is 0 Å². The minimum absolute atomic E-state index is 0.0117. The first-order valence-electron chi connectivity index (χ1n) is 5.69. The number of likely N-dealkylation sites (tertiary alicyclic amines) is 1. The summed E-state index contributed by atoms with van der Waals surface area (Å²) in [6, 6.07) is 5.33. The summed E-state index contributed by atoms with van der Waals surface area (Å²) in [5.41, 5.74) is 0.259. The lowest BCUT2D eigenvalue weighted by Crippen LogP contribution is -2.33. The number of halogens is 2. The number of carbonyl (C=O) groups excluding carboxylic acids is 1. The number of benzene rings is 1. The number of hydrogen-bond donors (Lipinski definition) is 0. The lowest BCUT2D eigenvalue weighted by molar-refractivity contribution is -0.120. The highest BCUT2D eigenvalue weighted by Gasteiger charge is 2.44. The van der Waals surface area contributed by atoms with E-state index in [1.165, 1.54) is 24.3 Å². The zero-order chi connectivity index (χ0) is 13.9. The average Bonchev–Trinajstić information content (AvgIpc) is 2.71. The quantitative estimate of drug-likeness (QED) is 0.609. The fourth-order valence-corrected chi connectivity index (χ4v) is 2.00. The van der Waals surface area contributed by atoms with Crippen LogP contribution in [0.15, 0.2) is 29.4 Å². The number of nitroso groups, excluding NO2 is 1. The Bertz CT molecular complexity index is 465. The van der Waals surface area contributed by atoms with Gasteiger partial charge in [0.1, 0.15) is 18.0 Å². The first kappa shape index (κ1) is 13.4. The Morgan fingerprint density at radius 3 is 2.68 bits per heavy atom. The number of nitrogens with zero attached hydrogens (tertiary/aromatic N) is 2. The van der Waals surface area contributed by atoms with Crippen molar-refractivity contribution in [1.82, 2.24) is 4.90 Å². The van der Waals surface area contributed by atoms with E-state index in [1.54, 1.807) is 0 Å². The molecule has 102 valence electrons. The van der Waals surface area contributed by atoms with Crippen LogP contribution in [-0.4, -0.2) is 36.4 Å². The molecule has 1 aliphatic rings. The largest absolute Gasteiger partial charge is 0.491 e. The van der Waals surface area contributed by atoms with Crippen molar-refractivity contribution >= 4 is 12.1 Å². The molecule has 0 N–H and O–H groups in total. The molecule has 1 aliphatic heterocycles. The van der Waals surface area contributed by atoms with Crippen molar-refractivity contribution in [2.75, 3.05) is 13.2 Å². The van der Waals surface area contributed by atoms with Crippen LogP contribution in [0.5, 0.6) is 5.75 Å². The van der Waals surface area contributed by atoms with Gasteiger partial charge in [0.25, 0.3) is 5.92 Å². The maximum Gasteiger partial charge on any atom is 0.267 e. The van der Waals surface area contributed by atoms with Gasteiger partial charge in [-0.25, -0.2) is 8.78 Å². The summed E-state index contributed by atoms with van der Waals surface area (Å²) in [7, 11) is 0. The Hall–Kier alpha value is -2.05. The molecule has 2 rings (SSSR count). The van der Waals surface area contributed by atoms with Gasteiger partial charge in [-0.3, -0.25) is 4.79 Å². The maximum absolute atomic E-state index is 13.2. The summed E-state index contributed by atoms with van der Waals surface area (Å²) < 4.78 is 31.6. The van der Waals surface area contributed by atoms with Crippen LogP contribution in [0, 0.1) is 4.91 Å². The Morgan fingerprint density at radius 1 is 1.42 bits per heavy atom.